The molecule has 0 fully saturated rings. The van der Waals surface area contributed by atoms with Crippen molar-refractivity contribution in [2.45, 2.75) is 6.18 Å². The Labute approximate surface area is 157 Å². The second-order valence-electron chi connectivity index (χ2n) is 5.49. The van der Waals surface area contributed by atoms with Crippen molar-refractivity contribution in [2.24, 2.45) is 0 Å². The number of nitrogens with one attached hydrogen (secondary N) is 3. The van der Waals surface area contributed by atoms with E-state index in [-0.39, 0.29) is 18.8 Å². The van der Waals surface area contributed by atoms with Gasteiger partial charge in [-0.1, -0.05) is 12.1 Å². The zero-order chi connectivity index (χ0) is 20.7. The summed E-state index contributed by atoms with van der Waals surface area (Å²) in [5.41, 5.74) is -1.44. The molecule has 0 spiro atoms. The van der Waals surface area contributed by atoms with Gasteiger partial charge in [0.05, 0.1) is 23.3 Å². The average Bonchev–Trinajstić information content (AvgIpc) is 2.64. The normalized spacial score (nSPS) is 10.9. The molecule has 0 aliphatic heterocycles. The molecule has 3 N–H and O–H groups in total. The summed E-state index contributed by atoms with van der Waals surface area (Å²) in [6, 6.07) is 8.42. The van der Waals surface area contributed by atoms with E-state index in [0.717, 1.165) is 12.1 Å². The highest BCUT2D eigenvalue weighted by Crippen LogP contribution is 2.34. The summed E-state index contributed by atoms with van der Waals surface area (Å²) < 4.78 is 43.2. The fourth-order valence-corrected chi connectivity index (χ4v) is 2.30. The first-order valence-electron chi connectivity index (χ1n) is 7.99. The van der Waals surface area contributed by atoms with Gasteiger partial charge in [0.1, 0.15) is 11.4 Å². The van der Waals surface area contributed by atoms with Gasteiger partial charge in [0.2, 0.25) is 0 Å². The molecule has 0 atom stereocenters. The van der Waals surface area contributed by atoms with E-state index in [1.54, 1.807) is 24.3 Å². The number of anilines is 2. The maximum Gasteiger partial charge on any atom is 0.416 e. The van der Waals surface area contributed by atoms with Crippen molar-refractivity contribution in [3.63, 3.8) is 0 Å². The third kappa shape index (κ3) is 5.50. The number of nitro groups is 1. The zero-order valence-corrected chi connectivity index (χ0v) is 14.7. The van der Waals surface area contributed by atoms with Gasteiger partial charge >= 0.3 is 12.2 Å². The summed E-state index contributed by atoms with van der Waals surface area (Å²) in [5, 5.41) is 18.7. The van der Waals surface area contributed by atoms with Crippen molar-refractivity contribution in [2.75, 3.05) is 30.8 Å². The molecule has 0 unspecified atom stereocenters. The second kappa shape index (κ2) is 8.93. The lowest BCUT2D eigenvalue weighted by molar-refractivity contribution is -0.384. The number of para-hydroxylation sites is 2. The van der Waals surface area contributed by atoms with Crippen LogP contribution < -0.4 is 20.7 Å². The average molecular weight is 398 g/mol. The topological polar surface area (TPSA) is 106 Å². The number of methoxy groups -OCH3 is 1. The van der Waals surface area contributed by atoms with Gasteiger partial charge in [0, 0.05) is 19.2 Å². The van der Waals surface area contributed by atoms with Crippen LogP contribution in [0.1, 0.15) is 5.56 Å². The van der Waals surface area contributed by atoms with E-state index in [9.17, 15) is 28.1 Å². The molecule has 0 aliphatic carbocycles. The van der Waals surface area contributed by atoms with Crippen molar-refractivity contribution in [1.29, 1.82) is 0 Å². The number of urea groups is 1. The lowest BCUT2D eigenvalue weighted by Gasteiger charge is -2.12. The summed E-state index contributed by atoms with van der Waals surface area (Å²) in [4.78, 5) is 22.0. The Balaban J connectivity index is 1.91. The Hall–Kier alpha value is -3.50. The van der Waals surface area contributed by atoms with E-state index in [2.05, 4.69) is 16.0 Å². The van der Waals surface area contributed by atoms with Crippen LogP contribution in [0, 0.1) is 10.1 Å². The molecule has 2 aromatic rings. The lowest BCUT2D eigenvalue weighted by Crippen LogP contribution is -2.32. The predicted octanol–water partition coefficient (Wildman–Crippen LogP) is 3.86. The highest BCUT2D eigenvalue weighted by Gasteiger charge is 2.32. The van der Waals surface area contributed by atoms with E-state index in [1.165, 1.54) is 7.11 Å². The third-order valence-electron chi connectivity index (χ3n) is 3.60. The number of hydrogen-bond donors (Lipinski definition) is 3. The van der Waals surface area contributed by atoms with Crippen molar-refractivity contribution < 1.29 is 27.6 Å². The molecular weight excluding hydrogens is 381 g/mol. The molecule has 2 amide bonds. The van der Waals surface area contributed by atoms with Crippen molar-refractivity contribution in [3.8, 4) is 5.75 Å². The van der Waals surface area contributed by atoms with E-state index >= 15 is 0 Å². The molecule has 0 aromatic heterocycles. The molecule has 8 nitrogen and oxygen atoms in total. The van der Waals surface area contributed by atoms with Crippen LogP contribution in [0.15, 0.2) is 42.5 Å². The number of halogens is 3. The van der Waals surface area contributed by atoms with Crippen LogP contribution in [-0.2, 0) is 6.18 Å². The third-order valence-corrected chi connectivity index (χ3v) is 3.60. The number of carbonyl (C=O) groups is 1. The van der Waals surface area contributed by atoms with Crippen LogP contribution in [0.25, 0.3) is 0 Å². The van der Waals surface area contributed by atoms with Gasteiger partial charge in [-0.2, -0.15) is 13.2 Å². The molecule has 0 radical (unpaired) electrons. The quantitative estimate of drug-likeness (QED) is 0.373. The molecule has 28 heavy (non-hydrogen) atoms. The summed E-state index contributed by atoms with van der Waals surface area (Å²) in [6.45, 7) is 0.130. The monoisotopic (exact) mass is 398 g/mol. The standard InChI is InChI=1S/C17H17F3N4O4/c1-28-15-5-3-2-4-13(15)23-16(25)22-9-8-21-12-7-6-11(17(18,19)20)10-14(12)24(26)27/h2-7,10,21H,8-9H2,1H3,(H2,22,23,25). The summed E-state index contributed by atoms with van der Waals surface area (Å²) >= 11 is 0. The Morgan fingerprint density at radius 2 is 1.86 bits per heavy atom. The van der Waals surface area contributed by atoms with Crippen molar-refractivity contribution in [3.05, 3.63) is 58.1 Å². The fraction of sp³-hybridized carbons (Fsp3) is 0.235. The van der Waals surface area contributed by atoms with Gasteiger partial charge in [-0.15, -0.1) is 0 Å². The van der Waals surface area contributed by atoms with Crippen LogP contribution in [-0.4, -0.2) is 31.2 Å². The number of alkyl halides is 3. The minimum atomic E-state index is -4.68. The molecule has 2 aromatic carbocycles. The first-order valence-corrected chi connectivity index (χ1v) is 7.99. The number of amides is 2. The maximum absolute atomic E-state index is 12.7. The maximum atomic E-state index is 12.7. The molecular formula is C17H17F3N4O4. The molecule has 0 aliphatic rings. The molecule has 2 rings (SSSR count). The van der Waals surface area contributed by atoms with Gasteiger partial charge in [0.25, 0.3) is 5.69 Å². The molecule has 0 heterocycles. The van der Waals surface area contributed by atoms with Crippen LogP contribution in [0.5, 0.6) is 5.75 Å². The number of benzene rings is 2. The highest BCUT2D eigenvalue weighted by atomic mass is 19.4. The zero-order valence-electron chi connectivity index (χ0n) is 14.7. The number of carbonyl (C=O) groups excluding carboxylic acids is 1. The smallest absolute Gasteiger partial charge is 0.416 e. The first-order chi connectivity index (χ1) is 13.2. The number of ether oxygens (including phenoxy) is 1. The second-order valence-corrected chi connectivity index (χ2v) is 5.49. The van der Waals surface area contributed by atoms with E-state index < -0.39 is 28.4 Å². The van der Waals surface area contributed by atoms with Gasteiger partial charge in [-0.3, -0.25) is 10.1 Å². The SMILES string of the molecule is COc1ccccc1NC(=O)NCCNc1ccc(C(F)(F)F)cc1[N+](=O)[O-]. The minimum Gasteiger partial charge on any atom is -0.495 e. The predicted molar refractivity (Wildman–Crippen MR) is 96.6 cm³/mol. The first kappa shape index (κ1) is 20.8. The van der Waals surface area contributed by atoms with Gasteiger partial charge in [-0.05, 0) is 24.3 Å². The summed E-state index contributed by atoms with van der Waals surface area (Å²) in [5.74, 6) is 0.469. The Bertz CT molecular complexity index is 859. The van der Waals surface area contributed by atoms with Crippen LogP contribution in [0.3, 0.4) is 0 Å². The Morgan fingerprint density at radius 1 is 1.14 bits per heavy atom. The number of nitro benzene ring substituents is 1. The fourth-order valence-electron chi connectivity index (χ4n) is 2.30. The summed E-state index contributed by atoms with van der Waals surface area (Å²) in [6.07, 6.45) is -4.68. The van der Waals surface area contributed by atoms with Gasteiger partial charge in [0.15, 0.2) is 0 Å². The molecule has 0 saturated heterocycles. The Kier molecular flexibility index (Phi) is 6.64. The molecule has 0 saturated carbocycles. The number of hydrogen-bond acceptors (Lipinski definition) is 5. The molecule has 0 bridgehead atoms. The van der Waals surface area contributed by atoms with Gasteiger partial charge in [-0.25, -0.2) is 4.79 Å². The highest BCUT2D eigenvalue weighted by molar-refractivity contribution is 5.90. The van der Waals surface area contributed by atoms with Crippen LogP contribution >= 0.6 is 0 Å². The van der Waals surface area contributed by atoms with Crippen LogP contribution in [0.4, 0.5) is 35.0 Å². The van der Waals surface area contributed by atoms with E-state index in [1.807, 2.05) is 0 Å². The van der Waals surface area contributed by atoms with Crippen molar-refractivity contribution in [1.82, 2.24) is 5.32 Å². The molecule has 11 heteroatoms. The van der Waals surface area contributed by atoms with Crippen LogP contribution in [0.2, 0.25) is 0 Å². The van der Waals surface area contributed by atoms with E-state index in [4.69, 9.17) is 4.74 Å². The largest absolute Gasteiger partial charge is 0.495 e. The molecule has 150 valence electrons. The lowest BCUT2D eigenvalue weighted by atomic mass is 10.1. The number of nitrogens with zero attached hydrogens (tertiary/aromatic N) is 1. The number of rotatable bonds is 7. The summed E-state index contributed by atoms with van der Waals surface area (Å²) in [7, 11) is 1.46. The Morgan fingerprint density at radius 3 is 2.50 bits per heavy atom. The van der Waals surface area contributed by atoms with Crippen molar-refractivity contribution >= 4 is 23.1 Å². The van der Waals surface area contributed by atoms with E-state index in [0.29, 0.717) is 17.5 Å². The van der Waals surface area contributed by atoms with Gasteiger partial charge < -0.3 is 20.7 Å². The minimum absolute atomic E-state index is 0.0611.